The van der Waals surface area contributed by atoms with Gasteiger partial charge in [0.1, 0.15) is 11.0 Å². The standard InChI is InChI=1S/C57H34N2O2S2/c1-2-12-43-39(11-1)40-30-33(21-24-44(40)57(43)45-13-3-9-19-53(45)63-54-20-10-4-14-46(54)57)34-22-25-51-41(31-34)42-32-35(23-26-52(42)62-51)36-27-37(55-58-47-15-5-7-17-49(47)60-55)29-38(28-36)56-59-48-16-6-8-18-50(48)61-56/h2-10,12-32H,1,11H2. The van der Waals surface area contributed by atoms with Gasteiger partial charge < -0.3 is 8.83 Å². The lowest BCUT2D eigenvalue weighted by Crippen LogP contribution is -2.32. The van der Waals surface area contributed by atoms with Crippen LogP contribution in [0, 0.1) is 0 Å². The smallest absolute Gasteiger partial charge is 0.227 e. The molecule has 0 N–H and O–H groups in total. The molecule has 63 heavy (non-hydrogen) atoms. The summed E-state index contributed by atoms with van der Waals surface area (Å²) in [4.78, 5) is 12.4. The van der Waals surface area contributed by atoms with Crippen LogP contribution in [0.1, 0.15) is 35.1 Å². The maximum atomic E-state index is 6.32. The molecule has 14 rings (SSSR count). The van der Waals surface area contributed by atoms with Crippen LogP contribution in [-0.2, 0) is 5.41 Å². The van der Waals surface area contributed by atoms with Gasteiger partial charge in [-0.3, -0.25) is 0 Å². The molecule has 0 saturated heterocycles. The van der Waals surface area contributed by atoms with E-state index in [9.17, 15) is 0 Å². The number of aromatic nitrogens is 2. The Morgan fingerprint density at radius 2 is 1.02 bits per heavy atom. The molecule has 1 spiro atoms. The van der Waals surface area contributed by atoms with E-state index in [-0.39, 0.29) is 5.41 Å². The Bertz CT molecular complexity index is 3600. The number of para-hydroxylation sites is 4. The first-order valence-electron chi connectivity index (χ1n) is 21.4. The van der Waals surface area contributed by atoms with Crippen molar-refractivity contribution in [3.05, 3.63) is 210 Å². The van der Waals surface area contributed by atoms with Crippen LogP contribution in [0.4, 0.5) is 0 Å². The molecule has 0 saturated carbocycles. The first-order chi connectivity index (χ1) is 31.2. The third-order valence-corrected chi connectivity index (χ3v) is 15.6. The Balaban J connectivity index is 0.910. The molecule has 1 aliphatic heterocycles. The summed E-state index contributed by atoms with van der Waals surface area (Å²) >= 11 is 3.74. The molecule has 0 bridgehead atoms. The van der Waals surface area contributed by atoms with Crippen molar-refractivity contribution in [2.75, 3.05) is 0 Å². The molecule has 0 unspecified atom stereocenters. The van der Waals surface area contributed by atoms with E-state index >= 15 is 0 Å². The molecule has 8 aromatic carbocycles. The summed E-state index contributed by atoms with van der Waals surface area (Å²) in [6, 6.07) is 61.4. The minimum Gasteiger partial charge on any atom is -0.436 e. The van der Waals surface area contributed by atoms with Crippen LogP contribution in [0.25, 0.3) is 93.1 Å². The quantitative estimate of drug-likeness (QED) is 0.177. The second kappa shape index (κ2) is 13.4. The lowest BCUT2D eigenvalue weighted by Gasteiger charge is -2.40. The van der Waals surface area contributed by atoms with Crippen LogP contribution in [0.5, 0.6) is 0 Å². The van der Waals surface area contributed by atoms with Gasteiger partial charge in [-0.2, -0.15) is 0 Å². The Labute approximate surface area is 370 Å². The van der Waals surface area contributed by atoms with Crippen LogP contribution >= 0.6 is 23.1 Å². The first kappa shape index (κ1) is 35.4. The van der Waals surface area contributed by atoms with Crippen molar-refractivity contribution in [1.29, 1.82) is 0 Å². The molecule has 2 aliphatic carbocycles. The predicted molar refractivity (Wildman–Crippen MR) is 258 cm³/mol. The maximum absolute atomic E-state index is 6.32. The molecule has 0 radical (unpaired) electrons. The molecule has 3 aliphatic rings. The molecule has 0 atom stereocenters. The number of allylic oxidation sites excluding steroid dienone is 4. The molecular formula is C57H34N2O2S2. The monoisotopic (exact) mass is 842 g/mol. The van der Waals surface area contributed by atoms with Crippen molar-refractivity contribution in [1.82, 2.24) is 9.97 Å². The van der Waals surface area contributed by atoms with Gasteiger partial charge >= 0.3 is 0 Å². The van der Waals surface area contributed by atoms with E-state index in [2.05, 4.69) is 133 Å². The lowest BCUT2D eigenvalue weighted by atomic mass is 9.66. The summed E-state index contributed by atoms with van der Waals surface area (Å²) < 4.78 is 15.2. The van der Waals surface area contributed by atoms with Gasteiger partial charge in [-0.1, -0.05) is 109 Å². The van der Waals surface area contributed by atoms with E-state index in [0.29, 0.717) is 11.8 Å². The fourth-order valence-corrected chi connectivity index (χ4v) is 12.7. The summed E-state index contributed by atoms with van der Waals surface area (Å²) in [5.74, 6) is 1.12. The molecule has 11 aromatic rings. The lowest BCUT2D eigenvalue weighted by molar-refractivity contribution is 0.617. The van der Waals surface area contributed by atoms with Gasteiger partial charge in [0.05, 0.1) is 5.41 Å². The van der Waals surface area contributed by atoms with E-state index in [4.69, 9.17) is 18.8 Å². The molecular weight excluding hydrogens is 809 g/mol. The third kappa shape index (κ3) is 5.23. The van der Waals surface area contributed by atoms with Gasteiger partial charge in [-0.25, -0.2) is 9.97 Å². The number of rotatable bonds is 4. The van der Waals surface area contributed by atoms with E-state index in [1.54, 1.807) is 0 Å². The normalized spacial score (nSPS) is 14.8. The number of nitrogens with zero attached hydrogens (tertiary/aromatic N) is 2. The topological polar surface area (TPSA) is 52.1 Å². The highest BCUT2D eigenvalue weighted by Crippen LogP contribution is 2.63. The summed E-state index contributed by atoms with van der Waals surface area (Å²) in [5, 5.41) is 2.49. The average molecular weight is 843 g/mol. The highest BCUT2D eigenvalue weighted by Gasteiger charge is 2.51. The maximum Gasteiger partial charge on any atom is 0.227 e. The van der Waals surface area contributed by atoms with Gasteiger partial charge in [0.2, 0.25) is 11.8 Å². The van der Waals surface area contributed by atoms with Gasteiger partial charge in [0.25, 0.3) is 0 Å². The van der Waals surface area contributed by atoms with Crippen LogP contribution in [0.3, 0.4) is 0 Å². The second-order valence-electron chi connectivity index (χ2n) is 16.7. The van der Waals surface area contributed by atoms with Crippen molar-refractivity contribution < 1.29 is 8.83 Å². The van der Waals surface area contributed by atoms with Crippen LogP contribution in [0.15, 0.2) is 206 Å². The number of hydrogen-bond donors (Lipinski definition) is 0. The SMILES string of the molecule is C1=CC2=C(CC1)c1cc(-c3ccc4sc5ccc(-c6cc(-c7nc8ccccc8o7)cc(-c7nc8ccccc8o7)c6)cc5c4c3)ccc1C21c2ccccc2Sc2ccccc21. The van der Waals surface area contributed by atoms with Crippen molar-refractivity contribution in [2.45, 2.75) is 28.0 Å². The second-order valence-corrected chi connectivity index (χ2v) is 18.9. The molecule has 0 fully saturated rings. The zero-order valence-electron chi connectivity index (χ0n) is 33.8. The molecule has 296 valence electrons. The van der Waals surface area contributed by atoms with E-state index in [1.165, 1.54) is 74.5 Å². The summed E-state index contributed by atoms with van der Waals surface area (Å²) in [5.41, 5.74) is 17.6. The number of benzene rings is 8. The molecule has 0 amide bonds. The first-order valence-corrected chi connectivity index (χ1v) is 23.0. The predicted octanol–water partition coefficient (Wildman–Crippen LogP) is 15.9. The van der Waals surface area contributed by atoms with Gasteiger partial charge in [-0.05, 0) is 153 Å². The summed E-state index contributed by atoms with van der Waals surface area (Å²) in [6.07, 6.45) is 6.91. The minimum atomic E-state index is -0.333. The van der Waals surface area contributed by atoms with Crippen LogP contribution < -0.4 is 0 Å². The van der Waals surface area contributed by atoms with Crippen LogP contribution in [-0.4, -0.2) is 9.97 Å². The van der Waals surface area contributed by atoms with Gasteiger partial charge in [-0.15, -0.1) is 11.3 Å². The van der Waals surface area contributed by atoms with Crippen molar-refractivity contribution in [2.24, 2.45) is 0 Å². The van der Waals surface area contributed by atoms with E-state index in [1.807, 2.05) is 71.6 Å². The van der Waals surface area contributed by atoms with E-state index in [0.717, 1.165) is 57.3 Å². The third-order valence-electron chi connectivity index (χ3n) is 13.3. The van der Waals surface area contributed by atoms with Gasteiger partial charge in [0, 0.05) is 41.1 Å². The Morgan fingerprint density at radius 3 is 1.65 bits per heavy atom. The largest absolute Gasteiger partial charge is 0.436 e. The van der Waals surface area contributed by atoms with Gasteiger partial charge in [0.15, 0.2) is 11.2 Å². The molecule has 6 heteroatoms. The highest BCUT2D eigenvalue weighted by atomic mass is 32.2. The van der Waals surface area contributed by atoms with Crippen molar-refractivity contribution in [3.63, 3.8) is 0 Å². The minimum absolute atomic E-state index is 0.333. The van der Waals surface area contributed by atoms with Crippen molar-refractivity contribution in [3.8, 4) is 45.2 Å². The van der Waals surface area contributed by atoms with Crippen molar-refractivity contribution >= 4 is 71.0 Å². The fourth-order valence-electron chi connectivity index (χ4n) is 10.5. The van der Waals surface area contributed by atoms with E-state index < -0.39 is 0 Å². The zero-order valence-corrected chi connectivity index (χ0v) is 35.4. The summed E-state index contributed by atoms with van der Waals surface area (Å²) in [7, 11) is 0. The highest BCUT2D eigenvalue weighted by molar-refractivity contribution is 7.99. The molecule has 3 aromatic heterocycles. The molecule has 4 nitrogen and oxygen atoms in total. The number of fused-ring (bicyclic) bond motifs is 13. The Kier molecular flexibility index (Phi) is 7.51. The fraction of sp³-hybridized carbons (Fsp3) is 0.0526. The number of oxazole rings is 2. The number of thiophene rings is 1. The number of hydrogen-bond acceptors (Lipinski definition) is 6. The Hall–Kier alpha value is -7.25. The average Bonchev–Trinajstić information content (AvgIpc) is 4.13. The zero-order chi connectivity index (χ0) is 41.2. The Morgan fingerprint density at radius 1 is 0.476 bits per heavy atom. The summed E-state index contributed by atoms with van der Waals surface area (Å²) in [6.45, 7) is 0. The van der Waals surface area contributed by atoms with Crippen LogP contribution in [0.2, 0.25) is 0 Å². The molecule has 4 heterocycles.